The van der Waals surface area contributed by atoms with Crippen molar-refractivity contribution < 1.29 is 13.2 Å². The molecule has 17 heavy (non-hydrogen) atoms. The smallest absolute Gasteiger partial charge is 0.361 e. The van der Waals surface area contributed by atoms with Crippen LogP contribution in [0.25, 0.3) is 10.9 Å². The van der Waals surface area contributed by atoms with E-state index in [1.54, 1.807) is 39.1 Å². The van der Waals surface area contributed by atoms with Gasteiger partial charge in [-0.25, -0.2) is 0 Å². The lowest BCUT2D eigenvalue weighted by Crippen LogP contribution is -2.19. The molecule has 92 valence electrons. The quantitative estimate of drug-likeness (QED) is 0.699. The molecule has 0 unspecified atom stereocenters. The summed E-state index contributed by atoms with van der Waals surface area (Å²) in [5.74, 6) is 0. The van der Waals surface area contributed by atoms with Crippen LogP contribution in [-0.4, -0.2) is 4.98 Å². The van der Waals surface area contributed by atoms with Gasteiger partial charge in [0.15, 0.2) is 0 Å². The topological polar surface area (TPSA) is 15.8 Å². The highest BCUT2D eigenvalue weighted by molar-refractivity contribution is 5.81. The van der Waals surface area contributed by atoms with Crippen LogP contribution in [0.2, 0.25) is 0 Å². The van der Waals surface area contributed by atoms with E-state index in [0.29, 0.717) is 10.9 Å². The number of rotatable bonds is 0. The fraction of sp³-hybridized carbons (Fsp3) is 0.385. The van der Waals surface area contributed by atoms with E-state index in [1.165, 1.54) is 6.07 Å². The maximum atomic E-state index is 13.0. The molecule has 0 aliphatic heterocycles. The SMILES string of the molecule is CC(C)(C)c1cc2[nH]ccc2cc1C(F)(F)F. The van der Waals surface area contributed by atoms with Gasteiger partial charge in [-0.1, -0.05) is 20.8 Å². The van der Waals surface area contributed by atoms with Crippen molar-refractivity contribution in [2.75, 3.05) is 0 Å². The number of hydrogen-bond donors (Lipinski definition) is 1. The lowest BCUT2D eigenvalue weighted by molar-refractivity contribution is -0.138. The molecule has 0 saturated carbocycles. The lowest BCUT2D eigenvalue weighted by atomic mass is 9.83. The Labute approximate surface area is 97.6 Å². The fourth-order valence-electron chi connectivity index (χ4n) is 1.96. The van der Waals surface area contributed by atoms with E-state index in [4.69, 9.17) is 0 Å². The number of hydrogen-bond acceptors (Lipinski definition) is 0. The predicted octanol–water partition coefficient (Wildman–Crippen LogP) is 4.48. The summed E-state index contributed by atoms with van der Waals surface area (Å²) in [7, 11) is 0. The van der Waals surface area contributed by atoms with E-state index < -0.39 is 17.2 Å². The molecule has 0 spiro atoms. The number of fused-ring (bicyclic) bond motifs is 1. The largest absolute Gasteiger partial charge is 0.416 e. The second kappa shape index (κ2) is 3.52. The molecule has 0 fully saturated rings. The minimum absolute atomic E-state index is 0.319. The highest BCUT2D eigenvalue weighted by Gasteiger charge is 2.36. The van der Waals surface area contributed by atoms with Crippen molar-refractivity contribution in [3.63, 3.8) is 0 Å². The molecule has 2 aromatic rings. The predicted molar refractivity (Wildman–Crippen MR) is 62.0 cm³/mol. The Morgan fingerprint density at radius 1 is 1.00 bits per heavy atom. The Kier molecular flexibility index (Phi) is 2.49. The van der Waals surface area contributed by atoms with Gasteiger partial charge in [-0.3, -0.25) is 0 Å². The van der Waals surface area contributed by atoms with Crippen molar-refractivity contribution in [2.45, 2.75) is 32.4 Å². The molecule has 0 radical (unpaired) electrons. The number of halogens is 3. The molecule has 0 aliphatic rings. The van der Waals surface area contributed by atoms with Gasteiger partial charge in [-0.2, -0.15) is 13.2 Å². The van der Waals surface area contributed by atoms with Crippen LogP contribution < -0.4 is 0 Å². The molecular weight excluding hydrogens is 227 g/mol. The molecule has 0 saturated heterocycles. The molecule has 0 amide bonds. The minimum Gasteiger partial charge on any atom is -0.361 e. The van der Waals surface area contributed by atoms with Gasteiger partial charge in [0.2, 0.25) is 0 Å². The van der Waals surface area contributed by atoms with Gasteiger partial charge in [0, 0.05) is 11.7 Å². The number of nitrogens with one attached hydrogen (secondary N) is 1. The summed E-state index contributed by atoms with van der Waals surface area (Å²) < 4.78 is 39.0. The zero-order chi connectivity index (χ0) is 12.8. The lowest BCUT2D eigenvalue weighted by Gasteiger charge is -2.24. The van der Waals surface area contributed by atoms with E-state index in [0.717, 1.165) is 5.52 Å². The van der Waals surface area contributed by atoms with E-state index in [2.05, 4.69) is 4.98 Å². The molecule has 2 rings (SSSR count). The molecule has 4 heteroatoms. The Hall–Kier alpha value is -1.45. The Balaban J connectivity index is 2.78. The van der Waals surface area contributed by atoms with Crippen LogP contribution in [0.5, 0.6) is 0 Å². The number of alkyl halides is 3. The van der Waals surface area contributed by atoms with E-state index in [-0.39, 0.29) is 0 Å². The summed E-state index contributed by atoms with van der Waals surface area (Å²) in [4.78, 5) is 2.94. The van der Waals surface area contributed by atoms with Crippen LogP contribution in [-0.2, 0) is 11.6 Å². The molecule has 0 bridgehead atoms. The summed E-state index contributed by atoms with van der Waals surface area (Å²) >= 11 is 0. The maximum Gasteiger partial charge on any atom is 0.416 e. The average Bonchev–Trinajstić information content (AvgIpc) is 2.59. The first-order valence-electron chi connectivity index (χ1n) is 5.38. The van der Waals surface area contributed by atoms with Gasteiger partial charge < -0.3 is 4.98 Å². The van der Waals surface area contributed by atoms with E-state index in [9.17, 15) is 13.2 Å². The highest BCUT2D eigenvalue weighted by atomic mass is 19.4. The summed E-state index contributed by atoms with van der Waals surface area (Å²) in [6.45, 7) is 5.35. The molecule has 1 heterocycles. The summed E-state index contributed by atoms with van der Waals surface area (Å²) in [6.07, 6.45) is -2.66. The Bertz CT molecular complexity index is 496. The first-order valence-corrected chi connectivity index (χ1v) is 5.38. The Morgan fingerprint density at radius 2 is 1.65 bits per heavy atom. The van der Waals surface area contributed by atoms with Crippen LogP contribution in [0, 0.1) is 0 Å². The van der Waals surface area contributed by atoms with Crippen LogP contribution in [0.1, 0.15) is 31.9 Å². The molecule has 1 aromatic heterocycles. The third kappa shape index (κ3) is 2.16. The zero-order valence-corrected chi connectivity index (χ0v) is 9.94. The first kappa shape index (κ1) is 12.0. The van der Waals surface area contributed by atoms with Gasteiger partial charge in [0.1, 0.15) is 0 Å². The molecule has 0 atom stereocenters. The van der Waals surface area contributed by atoms with Crippen molar-refractivity contribution in [1.82, 2.24) is 4.98 Å². The van der Waals surface area contributed by atoms with Crippen molar-refractivity contribution in [3.05, 3.63) is 35.5 Å². The molecular formula is C13H14F3N. The van der Waals surface area contributed by atoms with Crippen molar-refractivity contribution in [1.29, 1.82) is 0 Å². The second-order valence-corrected chi connectivity index (χ2v) is 5.21. The third-order valence-electron chi connectivity index (χ3n) is 2.80. The van der Waals surface area contributed by atoms with E-state index >= 15 is 0 Å². The Morgan fingerprint density at radius 3 is 2.18 bits per heavy atom. The van der Waals surface area contributed by atoms with Crippen LogP contribution in [0.15, 0.2) is 24.4 Å². The number of aromatic nitrogens is 1. The standard InChI is InChI=1S/C13H14F3N/c1-12(2,3)9-7-11-8(4-5-17-11)6-10(9)13(14,15)16/h4-7,17H,1-3H3. The second-order valence-electron chi connectivity index (χ2n) is 5.21. The zero-order valence-electron chi connectivity index (χ0n) is 9.94. The number of benzene rings is 1. The molecule has 0 aliphatic carbocycles. The van der Waals surface area contributed by atoms with Gasteiger partial charge in [0.25, 0.3) is 0 Å². The molecule has 1 nitrogen and oxygen atoms in total. The number of H-pyrrole nitrogens is 1. The molecule has 1 N–H and O–H groups in total. The van der Waals surface area contributed by atoms with Crippen molar-refractivity contribution in [2.24, 2.45) is 0 Å². The summed E-state index contributed by atoms with van der Waals surface area (Å²) in [5.41, 5.74) is -0.0237. The van der Waals surface area contributed by atoms with Crippen molar-refractivity contribution >= 4 is 10.9 Å². The third-order valence-corrected chi connectivity index (χ3v) is 2.80. The number of aromatic amines is 1. The van der Waals surface area contributed by atoms with Crippen LogP contribution in [0.4, 0.5) is 13.2 Å². The summed E-state index contributed by atoms with van der Waals surface area (Å²) in [5, 5.41) is 0.588. The average molecular weight is 241 g/mol. The monoisotopic (exact) mass is 241 g/mol. The van der Waals surface area contributed by atoms with Gasteiger partial charge in [-0.15, -0.1) is 0 Å². The van der Waals surface area contributed by atoms with Crippen molar-refractivity contribution in [3.8, 4) is 0 Å². The normalized spacial score (nSPS) is 13.3. The van der Waals surface area contributed by atoms with Crippen LogP contribution in [0.3, 0.4) is 0 Å². The van der Waals surface area contributed by atoms with Gasteiger partial charge in [0.05, 0.1) is 5.56 Å². The van der Waals surface area contributed by atoms with Gasteiger partial charge in [-0.05, 0) is 34.6 Å². The minimum atomic E-state index is -4.31. The summed E-state index contributed by atoms with van der Waals surface area (Å²) in [6, 6.07) is 4.46. The first-order chi connectivity index (χ1) is 7.69. The van der Waals surface area contributed by atoms with Gasteiger partial charge >= 0.3 is 6.18 Å². The maximum absolute atomic E-state index is 13.0. The fourth-order valence-corrected chi connectivity index (χ4v) is 1.96. The van der Waals surface area contributed by atoms with E-state index in [1.807, 2.05) is 0 Å². The molecule has 1 aromatic carbocycles. The highest BCUT2D eigenvalue weighted by Crippen LogP contribution is 2.39. The van der Waals surface area contributed by atoms with Crippen LogP contribution >= 0.6 is 0 Å².